The predicted octanol–water partition coefficient (Wildman–Crippen LogP) is 2.72. The SMILES string of the molecule is O=C(c1ccc(Cl)cc1)N1CC[C@](O)(CNCc2ccccc2Cl)[C@@H](O)C1. The molecule has 5 nitrogen and oxygen atoms in total. The van der Waals surface area contributed by atoms with Crippen molar-refractivity contribution in [3.63, 3.8) is 0 Å². The average molecular weight is 409 g/mol. The number of β-amino-alcohol motifs (C(OH)–C–C–N with tert-alkyl or cyclic N) is 1. The van der Waals surface area contributed by atoms with Crippen LogP contribution in [0.1, 0.15) is 22.3 Å². The monoisotopic (exact) mass is 408 g/mol. The fourth-order valence-electron chi connectivity index (χ4n) is 3.19. The molecule has 2 atom stereocenters. The van der Waals surface area contributed by atoms with Crippen LogP contribution in [0.5, 0.6) is 0 Å². The Morgan fingerprint density at radius 3 is 2.56 bits per heavy atom. The molecular formula is C20H22Cl2N2O3. The molecule has 1 heterocycles. The number of halogens is 2. The summed E-state index contributed by atoms with van der Waals surface area (Å²) in [5.41, 5.74) is 0.138. The van der Waals surface area contributed by atoms with E-state index in [0.717, 1.165) is 5.56 Å². The molecule has 0 saturated carbocycles. The van der Waals surface area contributed by atoms with Crippen molar-refractivity contribution < 1.29 is 15.0 Å². The summed E-state index contributed by atoms with van der Waals surface area (Å²) in [6, 6.07) is 14.1. The molecule has 1 saturated heterocycles. The number of hydrogen-bond acceptors (Lipinski definition) is 4. The van der Waals surface area contributed by atoms with Crippen molar-refractivity contribution in [1.29, 1.82) is 0 Å². The minimum absolute atomic E-state index is 0.0751. The van der Waals surface area contributed by atoms with Gasteiger partial charge in [-0.05, 0) is 42.3 Å². The molecule has 3 rings (SSSR count). The summed E-state index contributed by atoms with van der Waals surface area (Å²) in [6.45, 7) is 1.14. The minimum Gasteiger partial charge on any atom is -0.388 e. The van der Waals surface area contributed by atoms with Gasteiger partial charge in [-0.25, -0.2) is 0 Å². The van der Waals surface area contributed by atoms with E-state index in [2.05, 4.69) is 5.32 Å². The van der Waals surface area contributed by atoms with E-state index in [-0.39, 0.29) is 25.4 Å². The van der Waals surface area contributed by atoms with E-state index in [1.165, 1.54) is 0 Å². The summed E-state index contributed by atoms with van der Waals surface area (Å²) in [7, 11) is 0. The number of hydrogen-bond donors (Lipinski definition) is 3. The van der Waals surface area contributed by atoms with Crippen molar-refractivity contribution in [2.24, 2.45) is 0 Å². The summed E-state index contributed by atoms with van der Waals surface area (Å²) in [4.78, 5) is 14.1. The van der Waals surface area contributed by atoms with Gasteiger partial charge >= 0.3 is 0 Å². The molecule has 2 aromatic carbocycles. The van der Waals surface area contributed by atoms with Crippen molar-refractivity contribution in [2.45, 2.75) is 24.7 Å². The van der Waals surface area contributed by atoms with Gasteiger partial charge in [0.1, 0.15) is 11.7 Å². The number of benzene rings is 2. The topological polar surface area (TPSA) is 72.8 Å². The summed E-state index contributed by atoms with van der Waals surface area (Å²) >= 11 is 12.0. The fraction of sp³-hybridized carbons (Fsp3) is 0.350. The van der Waals surface area contributed by atoms with Gasteiger partial charge in [0.2, 0.25) is 0 Å². The molecule has 27 heavy (non-hydrogen) atoms. The maximum absolute atomic E-state index is 12.6. The Morgan fingerprint density at radius 2 is 1.89 bits per heavy atom. The first-order valence-corrected chi connectivity index (χ1v) is 9.54. The molecule has 0 spiro atoms. The summed E-state index contributed by atoms with van der Waals surface area (Å²) in [5.74, 6) is -0.184. The van der Waals surface area contributed by atoms with E-state index >= 15 is 0 Å². The second-order valence-corrected chi connectivity index (χ2v) is 7.67. The lowest BCUT2D eigenvalue weighted by Gasteiger charge is -2.42. The van der Waals surface area contributed by atoms with Crippen LogP contribution in [0.3, 0.4) is 0 Å². The smallest absolute Gasteiger partial charge is 0.253 e. The molecule has 144 valence electrons. The number of amides is 1. The lowest BCUT2D eigenvalue weighted by atomic mass is 9.88. The van der Waals surface area contributed by atoms with E-state index in [4.69, 9.17) is 23.2 Å². The molecule has 1 amide bonds. The van der Waals surface area contributed by atoms with Crippen molar-refractivity contribution in [2.75, 3.05) is 19.6 Å². The number of aliphatic hydroxyl groups excluding tert-OH is 1. The van der Waals surface area contributed by atoms with Crippen LogP contribution in [-0.4, -0.2) is 52.4 Å². The van der Waals surface area contributed by atoms with Crippen LogP contribution in [0.4, 0.5) is 0 Å². The zero-order valence-corrected chi connectivity index (χ0v) is 16.2. The molecule has 7 heteroatoms. The zero-order valence-electron chi connectivity index (χ0n) is 14.7. The number of nitrogens with zero attached hydrogens (tertiary/aromatic N) is 1. The van der Waals surface area contributed by atoms with Crippen LogP contribution in [-0.2, 0) is 6.54 Å². The van der Waals surface area contributed by atoms with Crippen molar-refractivity contribution in [3.8, 4) is 0 Å². The predicted molar refractivity (Wildman–Crippen MR) is 106 cm³/mol. The number of carbonyl (C=O) groups is 1. The molecule has 3 N–H and O–H groups in total. The standard InChI is InChI=1S/C20H22Cl2N2O3/c21-16-7-5-14(6-8-16)19(26)24-10-9-20(27,18(25)12-24)13-23-11-15-3-1-2-4-17(15)22/h1-8,18,23,25,27H,9-13H2/t18-,20-/m0/s1. The highest BCUT2D eigenvalue weighted by Crippen LogP contribution is 2.24. The molecule has 0 aromatic heterocycles. The second kappa shape index (κ2) is 8.59. The fourth-order valence-corrected chi connectivity index (χ4v) is 3.51. The third-order valence-electron chi connectivity index (χ3n) is 4.91. The molecule has 2 aromatic rings. The van der Waals surface area contributed by atoms with E-state index in [1.54, 1.807) is 29.2 Å². The number of likely N-dealkylation sites (tertiary alicyclic amines) is 1. The Bertz CT molecular complexity index is 800. The third-order valence-corrected chi connectivity index (χ3v) is 5.53. The Hall–Kier alpha value is -1.63. The number of rotatable bonds is 5. The normalized spacial score (nSPS) is 22.7. The van der Waals surface area contributed by atoms with Gasteiger partial charge in [-0.1, -0.05) is 41.4 Å². The maximum atomic E-state index is 12.6. The zero-order chi connectivity index (χ0) is 19.4. The van der Waals surface area contributed by atoms with Crippen LogP contribution >= 0.6 is 23.2 Å². The van der Waals surface area contributed by atoms with Gasteiger partial charge < -0.3 is 20.4 Å². The Morgan fingerprint density at radius 1 is 1.19 bits per heavy atom. The highest BCUT2D eigenvalue weighted by atomic mass is 35.5. The third kappa shape index (κ3) is 4.81. The Kier molecular flexibility index (Phi) is 6.40. The maximum Gasteiger partial charge on any atom is 0.253 e. The lowest BCUT2D eigenvalue weighted by Crippen LogP contribution is -2.60. The first-order chi connectivity index (χ1) is 12.9. The molecule has 1 aliphatic heterocycles. The summed E-state index contributed by atoms with van der Waals surface area (Å²) in [6.07, 6.45) is -0.760. The van der Waals surface area contributed by atoms with Gasteiger partial charge in [0, 0.05) is 41.8 Å². The van der Waals surface area contributed by atoms with Gasteiger partial charge in [-0.2, -0.15) is 0 Å². The van der Waals surface area contributed by atoms with Crippen LogP contribution in [0, 0.1) is 0 Å². The van der Waals surface area contributed by atoms with E-state index < -0.39 is 11.7 Å². The van der Waals surface area contributed by atoms with E-state index in [0.29, 0.717) is 28.7 Å². The van der Waals surface area contributed by atoms with Crippen LogP contribution in [0.15, 0.2) is 48.5 Å². The number of piperidine rings is 1. The quantitative estimate of drug-likeness (QED) is 0.710. The van der Waals surface area contributed by atoms with E-state index in [9.17, 15) is 15.0 Å². The van der Waals surface area contributed by atoms with Crippen LogP contribution < -0.4 is 5.32 Å². The largest absolute Gasteiger partial charge is 0.388 e. The molecule has 0 unspecified atom stereocenters. The molecule has 1 aliphatic rings. The molecule has 0 radical (unpaired) electrons. The molecule has 1 fully saturated rings. The van der Waals surface area contributed by atoms with Gasteiger partial charge in [-0.15, -0.1) is 0 Å². The van der Waals surface area contributed by atoms with Crippen LogP contribution in [0.2, 0.25) is 10.0 Å². The van der Waals surface area contributed by atoms with Gasteiger partial charge in [0.25, 0.3) is 5.91 Å². The second-order valence-electron chi connectivity index (χ2n) is 6.82. The first kappa shape index (κ1) is 20.1. The van der Waals surface area contributed by atoms with Crippen molar-refractivity contribution in [1.82, 2.24) is 10.2 Å². The van der Waals surface area contributed by atoms with Gasteiger partial charge in [0.05, 0.1) is 0 Å². The number of carbonyl (C=O) groups excluding carboxylic acids is 1. The average Bonchev–Trinajstić information content (AvgIpc) is 2.66. The summed E-state index contributed by atoms with van der Waals surface area (Å²) < 4.78 is 0. The molecule has 0 aliphatic carbocycles. The van der Waals surface area contributed by atoms with Crippen molar-refractivity contribution in [3.05, 3.63) is 69.7 Å². The Labute approximate surface area is 168 Å². The highest BCUT2D eigenvalue weighted by molar-refractivity contribution is 6.31. The Balaban J connectivity index is 1.56. The first-order valence-electron chi connectivity index (χ1n) is 8.78. The molecular weight excluding hydrogens is 387 g/mol. The minimum atomic E-state index is -1.29. The lowest BCUT2D eigenvalue weighted by molar-refractivity contribution is -0.110. The highest BCUT2D eigenvalue weighted by Gasteiger charge is 2.41. The van der Waals surface area contributed by atoms with Gasteiger partial charge in [0.15, 0.2) is 0 Å². The van der Waals surface area contributed by atoms with E-state index in [1.807, 2.05) is 24.3 Å². The summed E-state index contributed by atoms with van der Waals surface area (Å²) in [5, 5.41) is 25.6. The van der Waals surface area contributed by atoms with Gasteiger partial charge in [-0.3, -0.25) is 4.79 Å². The molecule has 0 bridgehead atoms. The number of nitrogens with one attached hydrogen (secondary N) is 1. The van der Waals surface area contributed by atoms with Crippen molar-refractivity contribution >= 4 is 29.1 Å². The number of aliphatic hydroxyl groups is 2. The van der Waals surface area contributed by atoms with Crippen LogP contribution in [0.25, 0.3) is 0 Å².